The summed E-state index contributed by atoms with van der Waals surface area (Å²) in [5, 5.41) is 3.28. The topological polar surface area (TPSA) is 46.2 Å². The largest absolute Gasteiger partial charge is 0.324 e. The van der Waals surface area contributed by atoms with Gasteiger partial charge in [-0.1, -0.05) is 48.0 Å². The Morgan fingerprint density at radius 3 is 2.60 bits per heavy atom. The van der Waals surface area contributed by atoms with E-state index in [1.165, 1.54) is 0 Å². The zero-order valence-electron chi connectivity index (χ0n) is 10.6. The predicted octanol–water partition coefficient (Wildman–Crippen LogP) is 3.65. The highest BCUT2D eigenvalue weighted by Gasteiger charge is 2.33. The first-order chi connectivity index (χ1) is 9.66. The summed E-state index contributed by atoms with van der Waals surface area (Å²) in [6.07, 6.45) is 0.218. The molecule has 0 radical (unpaired) electrons. The Bertz CT molecular complexity index is 696. The van der Waals surface area contributed by atoms with E-state index in [2.05, 4.69) is 5.32 Å². The number of carbonyl (C=O) groups excluding carboxylic acids is 2. The average molecular weight is 286 g/mol. The summed E-state index contributed by atoms with van der Waals surface area (Å²) in [7, 11) is 0. The second-order valence-corrected chi connectivity index (χ2v) is 5.14. The molecule has 20 heavy (non-hydrogen) atoms. The number of anilines is 1. The van der Waals surface area contributed by atoms with Gasteiger partial charge in [-0.2, -0.15) is 0 Å². The second kappa shape index (κ2) is 5.10. The Balaban J connectivity index is 1.86. The molecule has 0 saturated heterocycles. The van der Waals surface area contributed by atoms with Gasteiger partial charge in [-0.25, -0.2) is 0 Å². The van der Waals surface area contributed by atoms with Gasteiger partial charge in [0.25, 0.3) is 0 Å². The molecule has 0 spiro atoms. The van der Waals surface area contributed by atoms with Crippen LogP contribution in [0.2, 0.25) is 5.02 Å². The van der Waals surface area contributed by atoms with Crippen molar-refractivity contribution in [3.8, 4) is 0 Å². The maximum Gasteiger partial charge on any atom is 0.232 e. The maximum atomic E-state index is 12.4. The van der Waals surface area contributed by atoms with Crippen LogP contribution in [0.25, 0.3) is 0 Å². The summed E-state index contributed by atoms with van der Waals surface area (Å²) in [5.41, 5.74) is 2.00. The molecule has 0 heterocycles. The van der Waals surface area contributed by atoms with Crippen LogP contribution in [0.4, 0.5) is 5.69 Å². The number of hydrogen-bond donors (Lipinski definition) is 1. The lowest BCUT2D eigenvalue weighted by Crippen LogP contribution is -2.19. The minimum atomic E-state index is -0.435. The third-order valence-electron chi connectivity index (χ3n) is 3.47. The number of Topliss-reactive ketones (excluding diaryl/α,β-unsaturated/α-hetero) is 1. The quantitative estimate of drug-likeness (QED) is 0.915. The molecule has 3 nitrogen and oxygen atoms in total. The van der Waals surface area contributed by atoms with Crippen LogP contribution in [0.1, 0.15) is 28.3 Å². The number of rotatable bonds is 2. The predicted molar refractivity (Wildman–Crippen MR) is 78.2 cm³/mol. The lowest BCUT2D eigenvalue weighted by atomic mass is 10.0. The summed E-state index contributed by atoms with van der Waals surface area (Å²) >= 11 is 6.02. The van der Waals surface area contributed by atoms with Crippen molar-refractivity contribution in [3.05, 3.63) is 64.7 Å². The standard InChI is InChI=1S/C16H12ClNO2/c17-13-7-3-4-8-14(13)18-16(20)12-9-15(19)11-6-2-1-5-10(11)12/h1-8,12H,9H2,(H,18,20)/t12-/m0/s1. The number of ketones is 1. The average Bonchev–Trinajstić information content (AvgIpc) is 2.79. The highest BCUT2D eigenvalue weighted by molar-refractivity contribution is 6.33. The number of carbonyl (C=O) groups is 2. The van der Waals surface area contributed by atoms with E-state index in [9.17, 15) is 9.59 Å². The fourth-order valence-corrected chi connectivity index (χ4v) is 2.66. The van der Waals surface area contributed by atoms with Crippen molar-refractivity contribution < 1.29 is 9.59 Å². The van der Waals surface area contributed by atoms with Gasteiger partial charge in [-0.05, 0) is 17.7 Å². The molecule has 0 aliphatic heterocycles. The minimum Gasteiger partial charge on any atom is -0.324 e. The second-order valence-electron chi connectivity index (χ2n) is 4.74. The molecular formula is C16H12ClNO2. The Kier molecular flexibility index (Phi) is 3.28. The van der Waals surface area contributed by atoms with Crippen LogP contribution < -0.4 is 5.32 Å². The van der Waals surface area contributed by atoms with Crippen LogP contribution in [-0.2, 0) is 4.79 Å². The van der Waals surface area contributed by atoms with E-state index in [1.807, 2.05) is 18.2 Å². The normalized spacial score (nSPS) is 16.9. The highest BCUT2D eigenvalue weighted by Crippen LogP contribution is 2.34. The van der Waals surface area contributed by atoms with Gasteiger partial charge in [0.1, 0.15) is 0 Å². The molecule has 0 saturated carbocycles. The molecule has 1 amide bonds. The molecule has 1 aliphatic carbocycles. The SMILES string of the molecule is O=C1C[C@H](C(=O)Nc2ccccc2Cl)c2ccccc21. The molecule has 0 unspecified atom stereocenters. The van der Waals surface area contributed by atoms with Crippen LogP contribution in [0, 0.1) is 0 Å². The van der Waals surface area contributed by atoms with Gasteiger partial charge >= 0.3 is 0 Å². The van der Waals surface area contributed by atoms with Gasteiger partial charge in [0.2, 0.25) is 5.91 Å². The number of para-hydroxylation sites is 1. The molecule has 0 bridgehead atoms. The Morgan fingerprint density at radius 2 is 1.80 bits per heavy atom. The monoisotopic (exact) mass is 285 g/mol. The third kappa shape index (κ3) is 2.21. The van der Waals surface area contributed by atoms with E-state index in [0.717, 1.165) is 5.56 Å². The molecule has 100 valence electrons. The summed E-state index contributed by atoms with van der Waals surface area (Å²) in [4.78, 5) is 24.2. The molecule has 2 aromatic rings. The van der Waals surface area contributed by atoms with Crippen LogP contribution in [-0.4, -0.2) is 11.7 Å². The summed E-state index contributed by atoms with van der Waals surface area (Å²) in [5.74, 6) is -0.619. The fourth-order valence-electron chi connectivity index (χ4n) is 2.48. The molecule has 3 rings (SSSR count). The van der Waals surface area contributed by atoms with Crippen molar-refractivity contribution in [3.63, 3.8) is 0 Å². The molecule has 0 fully saturated rings. The maximum absolute atomic E-state index is 12.4. The van der Waals surface area contributed by atoms with Gasteiger partial charge in [-0.15, -0.1) is 0 Å². The van der Waals surface area contributed by atoms with Gasteiger partial charge in [-0.3, -0.25) is 9.59 Å². The van der Waals surface area contributed by atoms with E-state index in [-0.39, 0.29) is 18.1 Å². The van der Waals surface area contributed by atoms with Crippen molar-refractivity contribution in [1.29, 1.82) is 0 Å². The van der Waals surface area contributed by atoms with Crippen LogP contribution in [0.3, 0.4) is 0 Å². The molecular weight excluding hydrogens is 274 g/mol. The fraction of sp³-hybridized carbons (Fsp3) is 0.125. The van der Waals surface area contributed by atoms with Crippen molar-refractivity contribution in [2.45, 2.75) is 12.3 Å². The van der Waals surface area contributed by atoms with Crippen molar-refractivity contribution in [2.75, 3.05) is 5.32 Å². The number of nitrogens with one attached hydrogen (secondary N) is 1. The molecule has 0 aromatic heterocycles. The first kappa shape index (κ1) is 12.9. The highest BCUT2D eigenvalue weighted by atomic mass is 35.5. The van der Waals surface area contributed by atoms with Crippen molar-refractivity contribution >= 4 is 29.0 Å². The summed E-state index contributed by atoms with van der Waals surface area (Å²) in [6, 6.07) is 14.3. The molecule has 4 heteroatoms. The van der Waals surface area contributed by atoms with Crippen LogP contribution >= 0.6 is 11.6 Å². The molecule has 1 aliphatic rings. The van der Waals surface area contributed by atoms with E-state index < -0.39 is 5.92 Å². The third-order valence-corrected chi connectivity index (χ3v) is 3.80. The van der Waals surface area contributed by atoms with Gasteiger partial charge in [0.15, 0.2) is 5.78 Å². The molecule has 1 atom stereocenters. The number of amides is 1. The molecule has 1 N–H and O–H groups in total. The van der Waals surface area contributed by atoms with E-state index in [1.54, 1.807) is 30.3 Å². The smallest absolute Gasteiger partial charge is 0.232 e. The number of hydrogen-bond acceptors (Lipinski definition) is 2. The number of halogens is 1. The summed E-state index contributed by atoms with van der Waals surface area (Å²) in [6.45, 7) is 0. The van der Waals surface area contributed by atoms with E-state index in [4.69, 9.17) is 11.6 Å². The van der Waals surface area contributed by atoms with E-state index >= 15 is 0 Å². The zero-order valence-corrected chi connectivity index (χ0v) is 11.4. The first-order valence-corrected chi connectivity index (χ1v) is 6.72. The lowest BCUT2D eigenvalue weighted by Gasteiger charge is -2.12. The van der Waals surface area contributed by atoms with Gasteiger partial charge < -0.3 is 5.32 Å². The number of fused-ring (bicyclic) bond motifs is 1. The van der Waals surface area contributed by atoms with Gasteiger partial charge in [0.05, 0.1) is 16.6 Å². The Morgan fingerprint density at radius 1 is 1.10 bits per heavy atom. The zero-order chi connectivity index (χ0) is 14.1. The van der Waals surface area contributed by atoms with E-state index in [0.29, 0.717) is 16.3 Å². The molecule has 2 aromatic carbocycles. The minimum absolute atomic E-state index is 0.0138. The first-order valence-electron chi connectivity index (χ1n) is 6.34. The van der Waals surface area contributed by atoms with Crippen molar-refractivity contribution in [1.82, 2.24) is 0 Å². The van der Waals surface area contributed by atoms with Gasteiger partial charge in [0, 0.05) is 12.0 Å². The summed E-state index contributed by atoms with van der Waals surface area (Å²) < 4.78 is 0. The van der Waals surface area contributed by atoms with Crippen LogP contribution in [0.15, 0.2) is 48.5 Å². The number of benzene rings is 2. The Hall–Kier alpha value is -2.13. The van der Waals surface area contributed by atoms with Crippen molar-refractivity contribution in [2.24, 2.45) is 0 Å². The van der Waals surface area contributed by atoms with Crippen LogP contribution in [0.5, 0.6) is 0 Å². The Labute approximate surface area is 121 Å². The lowest BCUT2D eigenvalue weighted by molar-refractivity contribution is -0.117.